The Kier molecular flexibility index (Phi) is 5.97. The standard InChI is InChI=1S/C16H22N4O/c1-2-9-17-10-8-15-11-20(13-18-15)12-16(21)19-14-6-4-3-5-7-14/h3-7,11,13,17H,2,8-10,12H2,1H3,(H,19,21). The second kappa shape index (κ2) is 8.21. The van der Waals surface area contributed by atoms with E-state index in [1.165, 1.54) is 0 Å². The molecule has 0 unspecified atom stereocenters. The van der Waals surface area contributed by atoms with E-state index in [1.807, 2.05) is 41.1 Å². The average molecular weight is 286 g/mol. The Bertz CT molecular complexity index is 550. The number of hydrogen-bond acceptors (Lipinski definition) is 3. The lowest BCUT2D eigenvalue weighted by atomic mass is 10.3. The van der Waals surface area contributed by atoms with Crippen molar-refractivity contribution in [1.29, 1.82) is 0 Å². The molecule has 5 heteroatoms. The van der Waals surface area contributed by atoms with E-state index in [-0.39, 0.29) is 12.5 Å². The zero-order valence-electron chi connectivity index (χ0n) is 12.4. The van der Waals surface area contributed by atoms with Gasteiger partial charge in [0, 0.05) is 24.8 Å². The molecule has 1 aromatic carbocycles. The fraction of sp³-hybridized carbons (Fsp3) is 0.375. The van der Waals surface area contributed by atoms with Crippen LogP contribution in [0.2, 0.25) is 0 Å². The topological polar surface area (TPSA) is 59.0 Å². The van der Waals surface area contributed by atoms with Gasteiger partial charge in [0.1, 0.15) is 6.54 Å². The molecule has 0 atom stereocenters. The van der Waals surface area contributed by atoms with Crippen LogP contribution in [0.3, 0.4) is 0 Å². The molecule has 1 heterocycles. The molecule has 5 nitrogen and oxygen atoms in total. The summed E-state index contributed by atoms with van der Waals surface area (Å²) in [5.74, 6) is -0.0470. The molecule has 0 radical (unpaired) electrons. The maximum atomic E-state index is 11.9. The molecular formula is C16H22N4O. The number of anilines is 1. The van der Waals surface area contributed by atoms with Crippen LogP contribution in [0.5, 0.6) is 0 Å². The molecule has 0 bridgehead atoms. The third-order valence-electron chi connectivity index (χ3n) is 3.06. The van der Waals surface area contributed by atoms with Crippen molar-refractivity contribution >= 4 is 11.6 Å². The Labute approximate surface area is 125 Å². The van der Waals surface area contributed by atoms with Crippen LogP contribution in [0, 0.1) is 0 Å². The number of amides is 1. The van der Waals surface area contributed by atoms with Crippen LogP contribution < -0.4 is 10.6 Å². The molecule has 0 aliphatic rings. The molecule has 2 rings (SSSR count). The van der Waals surface area contributed by atoms with Crippen LogP contribution >= 0.6 is 0 Å². The SMILES string of the molecule is CCCNCCc1cn(CC(=O)Nc2ccccc2)cn1. The van der Waals surface area contributed by atoms with Crippen LogP contribution in [0.15, 0.2) is 42.9 Å². The van der Waals surface area contributed by atoms with E-state index in [0.717, 1.165) is 37.3 Å². The number of para-hydroxylation sites is 1. The van der Waals surface area contributed by atoms with Gasteiger partial charge in [0.05, 0.1) is 12.0 Å². The van der Waals surface area contributed by atoms with Gasteiger partial charge in [0.2, 0.25) is 5.91 Å². The summed E-state index contributed by atoms with van der Waals surface area (Å²) in [6.07, 6.45) is 5.65. The predicted molar refractivity (Wildman–Crippen MR) is 84.2 cm³/mol. The minimum absolute atomic E-state index is 0.0470. The highest BCUT2D eigenvalue weighted by Crippen LogP contribution is 2.05. The number of imidazole rings is 1. The van der Waals surface area contributed by atoms with Crippen molar-refractivity contribution in [2.75, 3.05) is 18.4 Å². The van der Waals surface area contributed by atoms with Gasteiger partial charge < -0.3 is 15.2 Å². The number of nitrogens with zero attached hydrogens (tertiary/aromatic N) is 2. The maximum absolute atomic E-state index is 11.9. The molecule has 0 spiro atoms. The zero-order chi connectivity index (χ0) is 14.9. The molecule has 1 aromatic heterocycles. The minimum Gasteiger partial charge on any atom is -0.328 e. The van der Waals surface area contributed by atoms with Gasteiger partial charge in [-0.2, -0.15) is 0 Å². The highest BCUT2D eigenvalue weighted by molar-refractivity contribution is 5.90. The van der Waals surface area contributed by atoms with Crippen molar-refractivity contribution in [3.8, 4) is 0 Å². The van der Waals surface area contributed by atoms with E-state index in [0.29, 0.717) is 0 Å². The van der Waals surface area contributed by atoms with Crippen molar-refractivity contribution in [3.05, 3.63) is 48.5 Å². The molecule has 0 aliphatic heterocycles. The summed E-state index contributed by atoms with van der Waals surface area (Å²) in [5.41, 5.74) is 1.82. The average Bonchev–Trinajstić information content (AvgIpc) is 2.92. The number of aromatic nitrogens is 2. The van der Waals surface area contributed by atoms with Crippen LogP contribution in [0.4, 0.5) is 5.69 Å². The number of hydrogen-bond donors (Lipinski definition) is 2. The zero-order valence-corrected chi connectivity index (χ0v) is 12.4. The van der Waals surface area contributed by atoms with Gasteiger partial charge >= 0.3 is 0 Å². The smallest absolute Gasteiger partial charge is 0.244 e. The number of benzene rings is 1. The van der Waals surface area contributed by atoms with Gasteiger partial charge in [-0.25, -0.2) is 4.98 Å². The van der Waals surface area contributed by atoms with Gasteiger partial charge in [0.15, 0.2) is 0 Å². The second-order valence-corrected chi connectivity index (χ2v) is 4.95. The van der Waals surface area contributed by atoms with Gasteiger partial charge in [-0.3, -0.25) is 4.79 Å². The Balaban J connectivity index is 1.78. The quantitative estimate of drug-likeness (QED) is 0.730. The van der Waals surface area contributed by atoms with Crippen LogP contribution in [-0.4, -0.2) is 28.5 Å². The van der Waals surface area contributed by atoms with E-state index in [4.69, 9.17) is 0 Å². The third-order valence-corrected chi connectivity index (χ3v) is 3.06. The molecule has 0 aliphatic carbocycles. The molecule has 0 saturated heterocycles. The molecule has 2 aromatic rings. The predicted octanol–water partition coefficient (Wildman–Crippen LogP) is 2.06. The van der Waals surface area contributed by atoms with E-state index >= 15 is 0 Å². The fourth-order valence-electron chi connectivity index (χ4n) is 2.03. The van der Waals surface area contributed by atoms with Gasteiger partial charge in [-0.15, -0.1) is 0 Å². The lowest BCUT2D eigenvalue weighted by molar-refractivity contribution is -0.116. The molecule has 1 amide bonds. The van der Waals surface area contributed by atoms with Crippen LogP contribution in [0.25, 0.3) is 0 Å². The van der Waals surface area contributed by atoms with E-state index in [1.54, 1.807) is 6.33 Å². The molecule has 0 saturated carbocycles. The monoisotopic (exact) mass is 286 g/mol. The normalized spacial score (nSPS) is 10.5. The molecule has 0 fully saturated rings. The first-order chi connectivity index (χ1) is 10.3. The Morgan fingerprint density at radius 2 is 2.05 bits per heavy atom. The lowest BCUT2D eigenvalue weighted by Gasteiger charge is -2.05. The largest absolute Gasteiger partial charge is 0.328 e. The van der Waals surface area contributed by atoms with Gasteiger partial charge in [-0.05, 0) is 25.1 Å². The van der Waals surface area contributed by atoms with E-state index in [2.05, 4.69) is 22.5 Å². The first-order valence-corrected chi connectivity index (χ1v) is 7.34. The second-order valence-electron chi connectivity index (χ2n) is 4.95. The third kappa shape index (κ3) is 5.39. The first kappa shape index (κ1) is 15.3. The number of carbonyl (C=O) groups is 1. The lowest BCUT2D eigenvalue weighted by Crippen LogP contribution is -2.18. The molecule has 2 N–H and O–H groups in total. The van der Waals surface area contributed by atoms with Gasteiger partial charge in [-0.1, -0.05) is 25.1 Å². The van der Waals surface area contributed by atoms with Gasteiger partial charge in [0.25, 0.3) is 0 Å². The first-order valence-electron chi connectivity index (χ1n) is 7.34. The van der Waals surface area contributed by atoms with Crippen molar-refractivity contribution in [2.24, 2.45) is 0 Å². The summed E-state index contributed by atoms with van der Waals surface area (Å²) in [6, 6.07) is 9.46. The Morgan fingerprint density at radius 3 is 2.81 bits per heavy atom. The van der Waals surface area contributed by atoms with Crippen molar-refractivity contribution in [3.63, 3.8) is 0 Å². The highest BCUT2D eigenvalue weighted by atomic mass is 16.1. The van der Waals surface area contributed by atoms with E-state index < -0.39 is 0 Å². The highest BCUT2D eigenvalue weighted by Gasteiger charge is 2.05. The Hall–Kier alpha value is -2.14. The maximum Gasteiger partial charge on any atom is 0.244 e. The van der Waals surface area contributed by atoms with Crippen molar-refractivity contribution < 1.29 is 4.79 Å². The Morgan fingerprint density at radius 1 is 1.24 bits per heavy atom. The summed E-state index contributed by atoms with van der Waals surface area (Å²) in [6.45, 7) is 4.37. The summed E-state index contributed by atoms with van der Waals surface area (Å²) >= 11 is 0. The van der Waals surface area contributed by atoms with Crippen LogP contribution in [-0.2, 0) is 17.8 Å². The number of carbonyl (C=O) groups excluding carboxylic acids is 1. The van der Waals surface area contributed by atoms with Crippen molar-refractivity contribution in [1.82, 2.24) is 14.9 Å². The summed E-state index contributed by atoms with van der Waals surface area (Å²) in [4.78, 5) is 16.2. The molecular weight excluding hydrogens is 264 g/mol. The molecule has 112 valence electrons. The fourth-order valence-corrected chi connectivity index (χ4v) is 2.03. The summed E-state index contributed by atoms with van der Waals surface area (Å²) < 4.78 is 1.81. The van der Waals surface area contributed by atoms with Crippen LogP contribution in [0.1, 0.15) is 19.0 Å². The summed E-state index contributed by atoms with van der Waals surface area (Å²) in [7, 11) is 0. The number of rotatable bonds is 8. The van der Waals surface area contributed by atoms with E-state index in [9.17, 15) is 4.79 Å². The molecule has 21 heavy (non-hydrogen) atoms. The minimum atomic E-state index is -0.0470. The summed E-state index contributed by atoms with van der Waals surface area (Å²) in [5, 5.41) is 6.20. The number of nitrogens with one attached hydrogen (secondary N) is 2. The van der Waals surface area contributed by atoms with Crippen molar-refractivity contribution in [2.45, 2.75) is 26.3 Å².